The zero-order valence-corrected chi connectivity index (χ0v) is 9.85. The summed E-state index contributed by atoms with van der Waals surface area (Å²) < 4.78 is 4.92. The summed E-state index contributed by atoms with van der Waals surface area (Å²) in [6, 6.07) is 2.66. The van der Waals surface area contributed by atoms with Crippen molar-refractivity contribution in [2.45, 2.75) is 0 Å². The van der Waals surface area contributed by atoms with E-state index in [0.29, 0.717) is 5.39 Å². The zero-order chi connectivity index (χ0) is 13.4. The van der Waals surface area contributed by atoms with Crippen molar-refractivity contribution in [3.8, 4) is 11.5 Å². The van der Waals surface area contributed by atoms with Crippen LogP contribution in [0.5, 0.6) is 11.5 Å². The molecule has 0 unspecified atom stereocenters. The Bertz CT molecular complexity index is 662. The molecular formula is C10H7NO6S. The van der Waals surface area contributed by atoms with Gasteiger partial charge in [-0.2, -0.15) is 0 Å². The van der Waals surface area contributed by atoms with Crippen LogP contribution in [0.1, 0.15) is 9.67 Å². The molecule has 0 atom stereocenters. The number of phenols is 1. The molecule has 0 radical (unpaired) electrons. The Morgan fingerprint density at radius 1 is 1.50 bits per heavy atom. The lowest BCUT2D eigenvalue weighted by Gasteiger charge is -2.04. The molecule has 1 aromatic heterocycles. The first-order valence-corrected chi connectivity index (χ1v) is 5.48. The number of aromatic hydroxyl groups is 1. The van der Waals surface area contributed by atoms with Crippen LogP contribution < -0.4 is 4.74 Å². The van der Waals surface area contributed by atoms with Crippen LogP contribution in [0.2, 0.25) is 0 Å². The van der Waals surface area contributed by atoms with E-state index in [0.717, 1.165) is 11.3 Å². The molecule has 1 heterocycles. The van der Waals surface area contributed by atoms with E-state index in [2.05, 4.69) is 0 Å². The molecule has 7 nitrogen and oxygen atoms in total. The summed E-state index contributed by atoms with van der Waals surface area (Å²) in [7, 11) is 1.26. The van der Waals surface area contributed by atoms with Crippen LogP contribution in [0, 0.1) is 10.1 Å². The van der Waals surface area contributed by atoms with E-state index in [-0.39, 0.29) is 15.3 Å². The van der Waals surface area contributed by atoms with E-state index in [1.165, 1.54) is 19.2 Å². The van der Waals surface area contributed by atoms with Gasteiger partial charge in [0.2, 0.25) is 5.75 Å². The third-order valence-corrected chi connectivity index (χ3v) is 3.48. The third kappa shape index (κ3) is 1.72. The number of nitrogens with zero attached hydrogens (tertiary/aromatic N) is 1. The number of ether oxygens (including phenoxy) is 1. The number of carboxylic acid groups (broad SMARTS) is 1. The van der Waals surface area contributed by atoms with Gasteiger partial charge < -0.3 is 14.9 Å². The van der Waals surface area contributed by atoms with Crippen molar-refractivity contribution in [3.63, 3.8) is 0 Å². The molecule has 2 rings (SSSR count). The molecule has 0 amide bonds. The minimum Gasteiger partial charge on any atom is -0.499 e. The number of rotatable bonds is 3. The van der Waals surface area contributed by atoms with Crippen LogP contribution in [0.15, 0.2) is 12.1 Å². The Hall–Kier alpha value is -2.35. The van der Waals surface area contributed by atoms with E-state index in [9.17, 15) is 20.0 Å². The minimum atomic E-state index is -1.18. The van der Waals surface area contributed by atoms with Crippen molar-refractivity contribution in [2.24, 2.45) is 0 Å². The molecule has 0 bridgehead atoms. The number of carboxylic acids is 1. The van der Waals surface area contributed by atoms with Gasteiger partial charge in [-0.15, -0.1) is 11.3 Å². The molecule has 0 aliphatic rings. The molecule has 0 aliphatic carbocycles. The minimum absolute atomic E-state index is 0.0410. The fourth-order valence-corrected chi connectivity index (χ4v) is 2.56. The first-order chi connectivity index (χ1) is 8.45. The highest BCUT2D eigenvalue weighted by atomic mass is 32.1. The Morgan fingerprint density at radius 3 is 2.67 bits per heavy atom. The van der Waals surface area contributed by atoms with E-state index < -0.39 is 22.3 Å². The number of benzene rings is 1. The summed E-state index contributed by atoms with van der Waals surface area (Å²) in [6.45, 7) is 0. The number of methoxy groups -OCH3 is 1. The van der Waals surface area contributed by atoms with Gasteiger partial charge in [-0.3, -0.25) is 10.1 Å². The zero-order valence-electron chi connectivity index (χ0n) is 9.04. The van der Waals surface area contributed by atoms with E-state index in [1.807, 2.05) is 0 Å². The summed E-state index contributed by atoms with van der Waals surface area (Å²) in [6.07, 6.45) is 0. The van der Waals surface area contributed by atoms with Crippen molar-refractivity contribution in [3.05, 3.63) is 27.1 Å². The Kier molecular flexibility index (Phi) is 2.79. The highest BCUT2D eigenvalue weighted by Crippen LogP contribution is 2.45. The maximum absolute atomic E-state index is 10.9. The van der Waals surface area contributed by atoms with Gasteiger partial charge in [0.15, 0.2) is 5.75 Å². The predicted molar refractivity (Wildman–Crippen MR) is 63.7 cm³/mol. The van der Waals surface area contributed by atoms with Crippen molar-refractivity contribution in [1.29, 1.82) is 0 Å². The fourth-order valence-electron chi connectivity index (χ4n) is 1.56. The maximum Gasteiger partial charge on any atom is 0.345 e. The molecule has 0 fully saturated rings. The molecule has 0 aliphatic heterocycles. The van der Waals surface area contributed by atoms with Crippen LogP contribution in [-0.4, -0.2) is 28.2 Å². The Morgan fingerprint density at radius 2 is 2.17 bits per heavy atom. The van der Waals surface area contributed by atoms with E-state index >= 15 is 0 Å². The lowest BCUT2D eigenvalue weighted by atomic mass is 10.2. The summed E-state index contributed by atoms with van der Waals surface area (Å²) in [5.74, 6) is -1.85. The van der Waals surface area contributed by atoms with Gasteiger partial charge in [0.1, 0.15) is 9.58 Å². The predicted octanol–water partition coefficient (Wildman–Crippen LogP) is 2.22. The average molecular weight is 269 g/mol. The number of nitro benzene ring substituents is 1. The third-order valence-electron chi connectivity index (χ3n) is 2.33. The Balaban J connectivity index is 2.87. The molecule has 0 spiro atoms. The van der Waals surface area contributed by atoms with Gasteiger partial charge in [-0.1, -0.05) is 0 Å². The molecular weight excluding hydrogens is 262 g/mol. The lowest BCUT2D eigenvalue weighted by molar-refractivity contribution is -0.383. The number of thiophene rings is 1. The second kappa shape index (κ2) is 4.15. The molecule has 0 saturated carbocycles. The Labute approximate surface area is 104 Å². The second-order valence-corrected chi connectivity index (χ2v) is 4.42. The first-order valence-electron chi connectivity index (χ1n) is 4.67. The van der Waals surface area contributed by atoms with Crippen LogP contribution in [-0.2, 0) is 0 Å². The molecule has 8 heteroatoms. The van der Waals surface area contributed by atoms with Gasteiger partial charge in [0.25, 0.3) is 0 Å². The summed E-state index contributed by atoms with van der Waals surface area (Å²) in [4.78, 5) is 21.0. The van der Waals surface area contributed by atoms with Gasteiger partial charge in [0.05, 0.1) is 12.0 Å². The molecule has 18 heavy (non-hydrogen) atoms. The van der Waals surface area contributed by atoms with Crippen LogP contribution >= 0.6 is 11.3 Å². The first kappa shape index (κ1) is 12.1. The van der Waals surface area contributed by atoms with Gasteiger partial charge in [0, 0.05) is 5.39 Å². The van der Waals surface area contributed by atoms with Gasteiger partial charge >= 0.3 is 11.7 Å². The largest absolute Gasteiger partial charge is 0.499 e. The summed E-state index contributed by atoms with van der Waals surface area (Å²) in [5.41, 5.74) is -0.540. The van der Waals surface area contributed by atoms with Crippen molar-refractivity contribution >= 4 is 33.1 Å². The van der Waals surface area contributed by atoms with Gasteiger partial charge in [-0.25, -0.2) is 4.79 Å². The number of carbonyl (C=O) groups is 1. The maximum atomic E-state index is 10.9. The average Bonchev–Trinajstić information content (AvgIpc) is 2.70. The number of nitro groups is 1. The van der Waals surface area contributed by atoms with Crippen molar-refractivity contribution < 1.29 is 24.7 Å². The lowest BCUT2D eigenvalue weighted by Crippen LogP contribution is -1.92. The topological polar surface area (TPSA) is 110 Å². The van der Waals surface area contributed by atoms with Crippen molar-refractivity contribution in [2.75, 3.05) is 7.11 Å². The SMILES string of the molecule is COc1cc2cc(C(=O)O)sc2c([N+](=O)[O-])c1O. The number of hydrogen-bond donors (Lipinski definition) is 2. The smallest absolute Gasteiger partial charge is 0.345 e. The highest BCUT2D eigenvalue weighted by Gasteiger charge is 2.26. The number of fused-ring (bicyclic) bond motifs is 1. The van der Waals surface area contributed by atoms with Gasteiger partial charge in [-0.05, 0) is 12.1 Å². The molecule has 0 saturated heterocycles. The number of hydrogen-bond acceptors (Lipinski definition) is 6. The highest BCUT2D eigenvalue weighted by molar-refractivity contribution is 7.21. The fraction of sp³-hybridized carbons (Fsp3) is 0.100. The van der Waals surface area contributed by atoms with Crippen molar-refractivity contribution in [1.82, 2.24) is 0 Å². The quantitative estimate of drug-likeness (QED) is 0.653. The number of aromatic carboxylic acids is 1. The standard InChI is InChI=1S/C10H7NO6S/c1-17-5-2-4-3-6(10(13)14)18-9(4)7(8(5)12)11(15)16/h2-3,12H,1H3,(H,13,14). The monoisotopic (exact) mass is 269 g/mol. The van der Waals surface area contributed by atoms with Crippen LogP contribution in [0.4, 0.5) is 5.69 Å². The molecule has 2 aromatic rings. The van der Waals surface area contributed by atoms with Crippen LogP contribution in [0.3, 0.4) is 0 Å². The molecule has 1 aromatic carbocycles. The molecule has 2 N–H and O–H groups in total. The van der Waals surface area contributed by atoms with E-state index in [1.54, 1.807) is 0 Å². The number of phenolic OH excluding ortho intramolecular Hbond substituents is 1. The van der Waals surface area contributed by atoms with Crippen LogP contribution in [0.25, 0.3) is 10.1 Å². The molecule has 94 valence electrons. The second-order valence-electron chi connectivity index (χ2n) is 3.37. The van der Waals surface area contributed by atoms with E-state index in [4.69, 9.17) is 9.84 Å². The summed E-state index contributed by atoms with van der Waals surface area (Å²) >= 11 is 0.737. The normalized spacial score (nSPS) is 10.5. The summed E-state index contributed by atoms with van der Waals surface area (Å²) in [5, 5.41) is 29.8.